The molecule has 15 heavy (non-hydrogen) atoms. The van der Waals surface area contributed by atoms with Crippen LogP contribution in [0.4, 0.5) is 0 Å². The number of hydrogen-bond donors (Lipinski definition) is 2. The summed E-state index contributed by atoms with van der Waals surface area (Å²) in [5.41, 5.74) is 5.49. The minimum atomic E-state index is -0.470. The molecule has 0 aromatic carbocycles. The molecule has 0 aromatic rings. The molecule has 2 aliphatic carbocycles. The molecule has 3 rings (SSSR count). The third-order valence-corrected chi connectivity index (χ3v) is 5.03. The fourth-order valence-electron chi connectivity index (χ4n) is 3.47. The lowest BCUT2D eigenvalue weighted by Crippen LogP contribution is -2.58. The van der Waals surface area contributed by atoms with Crippen LogP contribution in [0.5, 0.6) is 0 Å². The van der Waals surface area contributed by atoms with E-state index in [2.05, 4.69) is 4.90 Å². The van der Waals surface area contributed by atoms with E-state index in [0.717, 1.165) is 38.4 Å². The van der Waals surface area contributed by atoms with Gasteiger partial charge in [0, 0.05) is 31.1 Å². The molecule has 1 unspecified atom stereocenters. The highest BCUT2D eigenvalue weighted by atomic mass is 16.3. The van der Waals surface area contributed by atoms with Crippen LogP contribution in [0, 0.1) is 5.41 Å². The fraction of sp³-hybridized carbons (Fsp3) is 1.00. The van der Waals surface area contributed by atoms with Crippen LogP contribution in [-0.2, 0) is 0 Å². The van der Waals surface area contributed by atoms with E-state index in [4.69, 9.17) is 5.73 Å². The first-order chi connectivity index (χ1) is 7.19. The van der Waals surface area contributed by atoms with Crippen LogP contribution in [0.25, 0.3) is 0 Å². The summed E-state index contributed by atoms with van der Waals surface area (Å²) in [7, 11) is 0. The lowest BCUT2D eigenvalue weighted by molar-refractivity contribution is -0.114. The van der Waals surface area contributed by atoms with Crippen molar-refractivity contribution >= 4 is 0 Å². The van der Waals surface area contributed by atoms with Gasteiger partial charge in [-0.2, -0.15) is 0 Å². The summed E-state index contributed by atoms with van der Waals surface area (Å²) in [5, 5.41) is 10.8. The molecule has 0 bridgehead atoms. The first-order valence-corrected chi connectivity index (χ1v) is 6.36. The van der Waals surface area contributed by atoms with Crippen molar-refractivity contribution in [2.24, 2.45) is 11.1 Å². The second-order valence-corrected chi connectivity index (χ2v) is 5.82. The van der Waals surface area contributed by atoms with Gasteiger partial charge < -0.3 is 10.8 Å². The normalized spacial score (nSPS) is 40.4. The van der Waals surface area contributed by atoms with Gasteiger partial charge in [0.05, 0.1) is 5.60 Å². The molecule has 2 saturated carbocycles. The summed E-state index contributed by atoms with van der Waals surface area (Å²) in [6.07, 6.45) is 7.15. The highest BCUT2D eigenvalue weighted by molar-refractivity contribution is 5.10. The molecule has 0 aromatic heterocycles. The van der Waals surface area contributed by atoms with Gasteiger partial charge >= 0.3 is 0 Å². The Morgan fingerprint density at radius 1 is 1.27 bits per heavy atom. The highest BCUT2D eigenvalue weighted by Crippen LogP contribution is 2.52. The van der Waals surface area contributed by atoms with Gasteiger partial charge in [0.25, 0.3) is 0 Å². The van der Waals surface area contributed by atoms with E-state index in [9.17, 15) is 5.11 Å². The quantitative estimate of drug-likeness (QED) is 0.721. The van der Waals surface area contributed by atoms with Crippen molar-refractivity contribution in [3.63, 3.8) is 0 Å². The van der Waals surface area contributed by atoms with Gasteiger partial charge in [-0.05, 0) is 32.1 Å². The predicted octanol–water partition coefficient (Wildman–Crippen LogP) is 0.715. The van der Waals surface area contributed by atoms with Crippen molar-refractivity contribution in [3.8, 4) is 0 Å². The Kier molecular flexibility index (Phi) is 2.14. The average Bonchev–Trinajstić information content (AvgIpc) is 2.90. The number of likely N-dealkylation sites (tertiary alicyclic amines) is 1. The molecule has 1 aliphatic heterocycles. The Morgan fingerprint density at radius 2 is 2.00 bits per heavy atom. The van der Waals surface area contributed by atoms with E-state index in [-0.39, 0.29) is 5.41 Å². The molecule has 0 radical (unpaired) electrons. The molecule has 3 nitrogen and oxygen atoms in total. The molecule has 86 valence electrons. The third kappa shape index (κ3) is 1.37. The third-order valence-electron chi connectivity index (χ3n) is 5.03. The molecule has 1 saturated heterocycles. The summed E-state index contributed by atoms with van der Waals surface area (Å²) in [4.78, 5) is 2.48. The summed E-state index contributed by atoms with van der Waals surface area (Å²) in [6, 6.07) is 0.786. The molecule has 0 spiro atoms. The van der Waals surface area contributed by atoms with Crippen LogP contribution in [0.15, 0.2) is 0 Å². The van der Waals surface area contributed by atoms with Crippen LogP contribution >= 0.6 is 0 Å². The van der Waals surface area contributed by atoms with Gasteiger partial charge in [-0.25, -0.2) is 0 Å². The molecule has 1 heterocycles. The first-order valence-electron chi connectivity index (χ1n) is 6.36. The van der Waals surface area contributed by atoms with E-state index >= 15 is 0 Å². The fourth-order valence-corrected chi connectivity index (χ4v) is 3.47. The Bertz CT molecular complexity index is 255. The second-order valence-electron chi connectivity index (χ2n) is 5.82. The molecule has 0 amide bonds. The Hall–Kier alpha value is -0.120. The van der Waals surface area contributed by atoms with Crippen molar-refractivity contribution in [3.05, 3.63) is 0 Å². The van der Waals surface area contributed by atoms with Crippen molar-refractivity contribution in [2.75, 3.05) is 19.6 Å². The van der Waals surface area contributed by atoms with Crippen molar-refractivity contribution in [1.29, 1.82) is 0 Å². The summed E-state index contributed by atoms with van der Waals surface area (Å²) in [5.74, 6) is 0. The lowest BCUT2D eigenvalue weighted by Gasteiger charge is -2.51. The predicted molar refractivity (Wildman–Crippen MR) is 59.5 cm³/mol. The van der Waals surface area contributed by atoms with Crippen LogP contribution in [0.3, 0.4) is 0 Å². The molecule has 1 atom stereocenters. The smallest absolute Gasteiger partial charge is 0.0854 e. The SMILES string of the molecule is NCC1(C2(O)CCN(C3CC3)C2)CCC1. The van der Waals surface area contributed by atoms with Crippen LogP contribution in [-0.4, -0.2) is 41.3 Å². The summed E-state index contributed by atoms with van der Waals surface area (Å²) < 4.78 is 0. The molecule has 3 N–H and O–H groups in total. The Morgan fingerprint density at radius 3 is 2.47 bits per heavy atom. The van der Waals surface area contributed by atoms with Gasteiger partial charge in [-0.1, -0.05) is 6.42 Å². The number of hydrogen-bond acceptors (Lipinski definition) is 3. The second kappa shape index (κ2) is 3.19. The van der Waals surface area contributed by atoms with E-state index in [1.807, 2.05) is 0 Å². The van der Waals surface area contributed by atoms with E-state index in [0.29, 0.717) is 6.54 Å². The number of nitrogens with two attached hydrogens (primary N) is 1. The van der Waals surface area contributed by atoms with E-state index < -0.39 is 5.60 Å². The van der Waals surface area contributed by atoms with Gasteiger partial charge in [-0.3, -0.25) is 4.90 Å². The van der Waals surface area contributed by atoms with Crippen LogP contribution in [0.2, 0.25) is 0 Å². The number of rotatable bonds is 3. The Balaban J connectivity index is 1.73. The zero-order chi connectivity index (χ0) is 10.5. The average molecular weight is 210 g/mol. The first kappa shape index (κ1) is 10.1. The van der Waals surface area contributed by atoms with Crippen molar-refractivity contribution in [2.45, 2.75) is 50.2 Å². The van der Waals surface area contributed by atoms with Crippen molar-refractivity contribution < 1.29 is 5.11 Å². The summed E-state index contributed by atoms with van der Waals surface area (Å²) >= 11 is 0. The highest BCUT2D eigenvalue weighted by Gasteiger charge is 2.56. The topological polar surface area (TPSA) is 49.5 Å². The maximum absolute atomic E-state index is 10.8. The number of β-amino-alcohol motifs (C(OH)–C–C–N with tert-alkyl or cyclic N) is 1. The van der Waals surface area contributed by atoms with E-state index in [1.54, 1.807) is 0 Å². The lowest BCUT2D eigenvalue weighted by atomic mass is 9.58. The number of nitrogens with zero attached hydrogens (tertiary/aromatic N) is 1. The molecule has 3 heteroatoms. The maximum Gasteiger partial charge on any atom is 0.0854 e. The molecular formula is C12H22N2O. The largest absolute Gasteiger partial charge is 0.388 e. The van der Waals surface area contributed by atoms with Gasteiger partial charge in [0.2, 0.25) is 0 Å². The zero-order valence-corrected chi connectivity index (χ0v) is 9.41. The minimum Gasteiger partial charge on any atom is -0.388 e. The molecular weight excluding hydrogens is 188 g/mol. The zero-order valence-electron chi connectivity index (χ0n) is 9.41. The van der Waals surface area contributed by atoms with Gasteiger partial charge in [0.1, 0.15) is 0 Å². The van der Waals surface area contributed by atoms with E-state index in [1.165, 1.54) is 19.3 Å². The molecule has 3 fully saturated rings. The van der Waals surface area contributed by atoms with Gasteiger partial charge in [-0.15, -0.1) is 0 Å². The monoisotopic (exact) mass is 210 g/mol. The number of aliphatic hydroxyl groups is 1. The Labute approximate surface area is 91.6 Å². The van der Waals surface area contributed by atoms with Crippen molar-refractivity contribution in [1.82, 2.24) is 4.90 Å². The summed E-state index contributed by atoms with van der Waals surface area (Å²) in [6.45, 7) is 2.64. The maximum atomic E-state index is 10.8. The molecule has 3 aliphatic rings. The van der Waals surface area contributed by atoms with Crippen LogP contribution < -0.4 is 5.73 Å². The van der Waals surface area contributed by atoms with Crippen LogP contribution in [0.1, 0.15) is 38.5 Å². The van der Waals surface area contributed by atoms with Gasteiger partial charge in [0.15, 0.2) is 0 Å². The standard InChI is InChI=1S/C12H22N2O/c13-8-11(4-1-5-11)12(15)6-7-14(9-12)10-2-3-10/h10,15H,1-9,13H2. The minimum absolute atomic E-state index is 0.0661.